The van der Waals surface area contributed by atoms with Crippen LogP contribution in [0.1, 0.15) is 49.7 Å². The zero-order valence-electron chi connectivity index (χ0n) is 13.8. The van der Waals surface area contributed by atoms with Gasteiger partial charge in [0.1, 0.15) is 0 Å². The second-order valence-corrected chi connectivity index (χ2v) is 6.50. The van der Waals surface area contributed by atoms with Gasteiger partial charge < -0.3 is 4.74 Å². The summed E-state index contributed by atoms with van der Waals surface area (Å²) < 4.78 is 5.60. The molecule has 1 fully saturated rings. The third-order valence-electron chi connectivity index (χ3n) is 4.82. The van der Waals surface area contributed by atoms with E-state index in [0.717, 1.165) is 24.9 Å². The molecule has 1 nitrogen and oxygen atoms in total. The van der Waals surface area contributed by atoms with Crippen molar-refractivity contribution < 1.29 is 4.74 Å². The molecule has 2 rings (SSSR count). The van der Waals surface area contributed by atoms with E-state index in [0.29, 0.717) is 6.61 Å². The van der Waals surface area contributed by atoms with Crippen LogP contribution in [0.25, 0.3) is 0 Å². The number of hydrogen-bond donors (Lipinski definition) is 0. The van der Waals surface area contributed by atoms with E-state index in [4.69, 9.17) is 4.74 Å². The molecule has 1 saturated carbocycles. The molecule has 0 bridgehead atoms. The van der Waals surface area contributed by atoms with E-state index in [1.165, 1.54) is 49.7 Å². The minimum Gasteiger partial charge on any atom is -0.376 e. The smallest absolute Gasteiger partial charge is 0.0717 e. The van der Waals surface area contributed by atoms with Crippen LogP contribution in [-0.2, 0) is 17.8 Å². The van der Waals surface area contributed by atoms with Crippen molar-refractivity contribution in [1.82, 2.24) is 0 Å². The van der Waals surface area contributed by atoms with Crippen LogP contribution in [0.15, 0.2) is 49.6 Å². The summed E-state index contributed by atoms with van der Waals surface area (Å²) in [5.41, 5.74) is 2.72. The molecule has 0 unspecified atom stereocenters. The lowest BCUT2D eigenvalue weighted by Gasteiger charge is -2.26. The molecular formula is C21H30O. The zero-order valence-corrected chi connectivity index (χ0v) is 13.8. The van der Waals surface area contributed by atoms with Gasteiger partial charge in [-0.3, -0.25) is 0 Å². The fourth-order valence-corrected chi connectivity index (χ4v) is 3.24. The molecule has 0 spiro atoms. The van der Waals surface area contributed by atoms with Gasteiger partial charge in [0.05, 0.1) is 13.2 Å². The topological polar surface area (TPSA) is 9.23 Å². The van der Waals surface area contributed by atoms with Gasteiger partial charge in [0.15, 0.2) is 0 Å². The van der Waals surface area contributed by atoms with Crippen LogP contribution in [0, 0.1) is 11.8 Å². The fourth-order valence-electron chi connectivity index (χ4n) is 3.24. The monoisotopic (exact) mass is 298 g/mol. The van der Waals surface area contributed by atoms with E-state index >= 15 is 0 Å². The fraction of sp³-hybridized carbons (Fsp3) is 0.524. The molecule has 0 saturated heterocycles. The largest absolute Gasteiger partial charge is 0.376 e. The standard InChI is InChI=1S/C21H30O/c1-3-5-16-22-17-21-14-12-20(13-15-21)11-10-19-8-6-18(4-2)7-9-19/h3-4,12-15,18-19H,1-2,5-11,16-17H2/t18-,19-. The van der Waals surface area contributed by atoms with Gasteiger partial charge in [-0.1, -0.05) is 36.4 Å². The van der Waals surface area contributed by atoms with Crippen molar-refractivity contribution in [1.29, 1.82) is 0 Å². The van der Waals surface area contributed by atoms with Gasteiger partial charge in [0.2, 0.25) is 0 Å². The molecule has 1 aliphatic rings. The first kappa shape index (κ1) is 17.0. The minimum absolute atomic E-state index is 0.708. The second-order valence-electron chi connectivity index (χ2n) is 6.50. The minimum atomic E-state index is 0.708. The Bertz CT molecular complexity index is 437. The van der Waals surface area contributed by atoms with Crippen molar-refractivity contribution in [3.63, 3.8) is 0 Å². The van der Waals surface area contributed by atoms with Gasteiger partial charge >= 0.3 is 0 Å². The number of rotatable bonds is 9. The third-order valence-corrected chi connectivity index (χ3v) is 4.82. The second kappa shape index (κ2) is 9.63. The van der Waals surface area contributed by atoms with Gasteiger partial charge in [-0.15, -0.1) is 13.2 Å². The van der Waals surface area contributed by atoms with Crippen LogP contribution in [0.3, 0.4) is 0 Å². The molecule has 0 N–H and O–H groups in total. The van der Waals surface area contributed by atoms with Crippen LogP contribution in [0.5, 0.6) is 0 Å². The van der Waals surface area contributed by atoms with E-state index in [1.807, 2.05) is 6.08 Å². The first-order chi connectivity index (χ1) is 10.8. The Morgan fingerprint density at radius 1 is 1.00 bits per heavy atom. The Labute approximate surface area is 136 Å². The SMILES string of the molecule is C=CCCOCc1ccc(CC[C@H]2CC[C@H](C=C)CC2)cc1. The number of aryl methyl sites for hydroxylation is 1. The zero-order chi connectivity index (χ0) is 15.6. The Morgan fingerprint density at radius 2 is 1.68 bits per heavy atom. The number of hydrogen-bond acceptors (Lipinski definition) is 1. The molecule has 1 aromatic carbocycles. The van der Waals surface area contributed by atoms with Crippen molar-refractivity contribution in [2.24, 2.45) is 11.8 Å². The summed E-state index contributed by atoms with van der Waals surface area (Å²) in [5, 5.41) is 0. The summed E-state index contributed by atoms with van der Waals surface area (Å²) in [7, 11) is 0. The molecular weight excluding hydrogens is 268 g/mol. The van der Waals surface area contributed by atoms with Crippen LogP contribution in [-0.4, -0.2) is 6.61 Å². The molecule has 1 aliphatic carbocycles. The summed E-state index contributed by atoms with van der Waals surface area (Å²) in [6, 6.07) is 8.94. The van der Waals surface area contributed by atoms with Crippen molar-refractivity contribution in [2.75, 3.05) is 6.61 Å². The van der Waals surface area contributed by atoms with Crippen molar-refractivity contribution in [3.8, 4) is 0 Å². The van der Waals surface area contributed by atoms with Gasteiger partial charge in [0.25, 0.3) is 0 Å². The summed E-state index contributed by atoms with van der Waals surface area (Å²) in [5.74, 6) is 1.69. The van der Waals surface area contributed by atoms with Gasteiger partial charge in [0, 0.05) is 0 Å². The van der Waals surface area contributed by atoms with Crippen LogP contribution in [0.4, 0.5) is 0 Å². The first-order valence-corrected chi connectivity index (χ1v) is 8.71. The predicted octanol–water partition coefficient (Wildman–Crippen LogP) is 5.70. The van der Waals surface area contributed by atoms with E-state index < -0.39 is 0 Å². The molecule has 0 amide bonds. The lowest BCUT2D eigenvalue weighted by atomic mass is 9.79. The Kier molecular flexibility index (Phi) is 7.45. The predicted molar refractivity (Wildman–Crippen MR) is 94.9 cm³/mol. The first-order valence-electron chi connectivity index (χ1n) is 8.71. The normalized spacial score (nSPS) is 21.5. The van der Waals surface area contributed by atoms with Crippen LogP contribution >= 0.6 is 0 Å². The Morgan fingerprint density at radius 3 is 2.32 bits per heavy atom. The van der Waals surface area contributed by atoms with Crippen molar-refractivity contribution >= 4 is 0 Å². The molecule has 0 heterocycles. The molecule has 0 atom stereocenters. The quantitative estimate of drug-likeness (QED) is 0.419. The molecule has 22 heavy (non-hydrogen) atoms. The van der Waals surface area contributed by atoms with Crippen LogP contribution in [0.2, 0.25) is 0 Å². The highest BCUT2D eigenvalue weighted by Crippen LogP contribution is 2.32. The van der Waals surface area contributed by atoms with E-state index in [9.17, 15) is 0 Å². The van der Waals surface area contributed by atoms with Crippen molar-refractivity contribution in [3.05, 3.63) is 60.7 Å². The molecule has 0 aromatic heterocycles. The van der Waals surface area contributed by atoms with Crippen molar-refractivity contribution in [2.45, 2.75) is 51.6 Å². The molecule has 1 heteroatoms. The number of allylic oxidation sites excluding steroid dienone is 1. The average molecular weight is 298 g/mol. The van der Waals surface area contributed by atoms with E-state index in [-0.39, 0.29) is 0 Å². The maximum absolute atomic E-state index is 5.60. The summed E-state index contributed by atoms with van der Waals surface area (Å²) >= 11 is 0. The third kappa shape index (κ3) is 5.81. The number of ether oxygens (including phenoxy) is 1. The molecule has 1 aromatic rings. The van der Waals surface area contributed by atoms with Gasteiger partial charge in [-0.05, 0) is 67.9 Å². The molecule has 0 aliphatic heterocycles. The van der Waals surface area contributed by atoms with Gasteiger partial charge in [-0.25, -0.2) is 0 Å². The maximum atomic E-state index is 5.60. The molecule has 120 valence electrons. The summed E-state index contributed by atoms with van der Waals surface area (Å²) in [6.45, 7) is 9.10. The van der Waals surface area contributed by atoms with Gasteiger partial charge in [-0.2, -0.15) is 0 Å². The van der Waals surface area contributed by atoms with E-state index in [2.05, 4.69) is 43.5 Å². The number of benzene rings is 1. The Hall–Kier alpha value is -1.34. The van der Waals surface area contributed by atoms with Crippen LogP contribution < -0.4 is 0 Å². The highest BCUT2D eigenvalue weighted by Gasteiger charge is 2.18. The molecule has 0 radical (unpaired) electrons. The lowest BCUT2D eigenvalue weighted by molar-refractivity contribution is 0.125. The average Bonchev–Trinajstić information content (AvgIpc) is 2.58. The summed E-state index contributed by atoms with van der Waals surface area (Å²) in [6.07, 6.45) is 13.0. The highest BCUT2D eigenvalue weighted by molar-refractivity contribution is 5.22. The van der Waals surface area contributed by atoms with E-state index in [1.54, 1.807) is 0 Å². The summed E-state index contributed by atoms with van der Waals surface area (Å²) in [4.78, 5) is 0. The lowest BCUT2D eigenvalue weighted by Crippen LogP contribution is -2.13. The highest BCUT2D eigenvalue weighted by atomic mass is 16.5. The Balaban J connectivity index is 1.68. The maximum Gasteiger partial charge on any atom is 0.0717 e.